The van der Waals surface area contributed by atoms with Crippen LogP contribution < -0.4 is 5.32 Å². The van der Waals surface area contributed by atoms with Crippen LogP contribution in [0, 0.1) is 0 Å². The van der Waals surface area contributed by atoms with Gasteiger partial charge in [-0.05, 0) is 58.0 Å². The van der Waals surface area contributed by atoms with Crippen molar-refractivity contribution in [1.29, 1.82) is 0 Å². The van der Waals surface area contributed by atoms with Crippen molar-refractivity contribution in [3.8, 4) is 0 Å². The van der Waals surface area contributed by atoms with Gasteiger partial charge in [0.2, 0.25) is 10.0 Å². The van der Waals surface area contributed by atoms with Crippen molar-refractivity contribution in [2.75, 3.05) is 52.9 Å². The summed E-state index contributed by atoms with van der Waals surface area (Å²) >= 11 is 0. The average molecular weight is 423 g/mol. The molecule has 0 spiro atoms. The lowest BCUT2D eigenvalue weighted by Crippen LogP contribution is -2.45. The molecule has 1 aromatic carbocycles. The van der Waals surface area contributed by atoms with Crippen LogP contribution in [0.1, 0.15) is 43.0 Å². The zero-order valence-corrected chi connectivity index (χ0v) is 18.5. The number of hydrogen-bond acceptors (Lipinski definition) is 5. The molecular formula is C21H34N4O3S. The van der Waals surface area contributed by atoms with E-state index in [4.69, 9.17) is 0 Å². The van der Waals surface area contributed by atoms with E-state index >= 15 is 0 Å². The van der Waals surface area contributed by atoms with Crippen molar-refractivity contribution in [2.45, 2.75) is 43.5 Å². The lowest BCUT2D eigenvalue weighted by Gasteiger charge is -2.32. The second-order valence-corrected chi connectivity index (χ2v) is 10.1. The van der Waals surface area contributed by atoms with Gasteiger partial charge in [0.25, 0.3) is 5.91 Å². The van der Waals surface area contributed by atoms with Crippen molar-refractivity contribution >= 4 is 15.9 Å². The summed E-state index contributed by atoms with van der Waals surface area (Å²) in [6.07, 6.45) is 3.71. The van der Waals surface area contributed by atoms with Gasteiger partial charge in [-0.15, -0.1) is 0 Å². The van der Waals surface area contributed by atoms with E-state index in [-0.39, 0.29) is 16.8 Å². The molecule has 0 radical (unpaired) electrons. The SMILES string of the molecule is CC1CCCCN1S(=O)(=O)c1cccc(C(=O)NCCCN2CCN(C)CC2)c1. The number of rotatable bonds is 7. The highest BCUT2D eigenvalue weighted by atomic mass is 32.2. The van der Waals surface area contributed by atoms with E-state index in [9.17, 15) is 13.2 Å². The molecule has 0 aliphatic carbocycles. The van der Waals surface area contributed by atoms with E-state index in [2.05, 4.69) is 22.2 Å². The van der Waals surface area contributed by atoms with E-state index < -0.39 is 10.0 Å². The molecule has 2 aliphatic heterocycles. The largest absolute Gasteiger partial charge is 0.352 e. The van der Waals surface area contributed by atoms with Gasteiger partial charge < -0.3 is 15.1 Å². The minimum Gasteiger partial charge on any atom is -0.352 e. The molecule has 1 atom stereocenters. The van der Waals surface area contributed by atoms with Crippen LogP contribution in [0.4, 0.5) is 0 Å². The Morgan fingerprint density at radius 3 is 2.62 bits per heavy atom. The van der Waals surface area contributed by atoms with Crippen LogP contribution in [0.5, 0.6) is 0 Å². The Bertz CT molecular complexity index is 791. The fourth-order valence-electron chi connectivity index (χ4n) is 4.04. The highest BCUT2D eigenvalue weighted by Crippen LogP contribution is 2.25. The van der Waals surface area contributed by atoms with Crippen LogP contribution in [-0.2, 0) is 10.0 Å². The molecule has 0 saturated carbocycles. The van der Waals surface area contributed by atoms with E-state index in [0.29, 0.717) is 18.7 Å². The Morgan fingerprint density at radius 2 is 1.90 bits per heavy atom. The number of benzene rings is 1. The topological polar surface area (TPSA) is 73.0 Å². The molecule has 1 N–H and O–H groups in total. The van der Waals surface area contributed by atoms with Gasteiger partial charge in [0, 0.05) is 50.9 Å². The van der Waals surface area contributed by atoms with E-state index in [1.807, 2.05) is 6.92 Å². The number of amides is 1. The summed E-state index contributed by atoms with van der Waals surface area (Å²) in [4.78, 5) is 17.5. The maximum Gasteiger partial charge on any atom is 0.251 e. The predicted octanol–water partition coefficient (Wildman–Crippen LogP) is 1.62. The summed E-state index contributed by atoms with van der Waals surface area (Å²) in [7, 11) is -1.43. The normalized spacial score (nSPS) is 22.5. The van der Waals surface area contributed by atoms with Crippen molar-refractivity contribution in [3.05, 3.63) is 29.8 Å². The van der Waals surface area contributed by atoms with Crippen molar-refractivity contribution in [1.82, 2.24) is 19.4 Å². The van der Waals surface area contributed by atoms with Crippen LogP contribution in [0.2, 0.25) is 0 Å². The molecule has 0 bridgehead atoms. The first-order chi connectivity index (χ1) is 13.9. The number of sulfonamides is 1. The van der Waals surface area contributed by atoms with Gasteiger partial charge in [-0.25, -0.2) is 8.42 Å². The number of likely N-dealkylation sites (N-methyl/N-ethyl adjacent to an activating group) is 1. The maximum atomic E-state index is 13.0. The monoisotopic (exact) mass is 422 g/mol. The summed E-state index contributed by atoms with van der Waals surface area (Å²) in [5.74, 6) is -0.216. The summed E-state index contributed by atoms with van der Waals surface area (Å²) in [5.41, 5.74) is 0.398. The molecule has 2 aliphatic rings. The van der Waals surface area contributed by atoms with Gasteiger partial charge in [-0.1, -0.05) is 12.5 Å². The van der Waals surface area contributed by atoms with Gasteiger partial charge in [0.1, 0.15) is 0 Å². The quantitative estimate of drug-likeness (QED) is 0.676. The average Bonchev–Trinajstić information content (AvgIpc) is 2.72. The first-order valence-electron chi connectivity index (χ1n) is 10.7. The van der Waals surface area contributed by atoms with Crippen molar-refractivity contribution in [2.24, 2.45) is 0 Å². The first-order valence-corrected chi connectivity index (χ1v) is 12.1. The molecule has 7 nitrogen and oxygen atoms in total. The molecule has 2 fully saturated rings. The highest BCUT2D eigenvalue weighted by molar-refractivity contribution is 7.89. The fourth-order valence-corrected chi connectivity index (χ4v) is 5.79. The second kappa shape index (κ2) is 10.0. The standard InChI is InChI=1S/C21H34N4O3S/c1-18-7-3-4-12-25(18)29(27,28)20-9-5-8-19(17-20)21(26)22-10-6-11-24-15-13-23(2)14-16-24/h5,8-9,17-18H,3-4,6-7,10-16H2,1-2H3,(H,22,26). The van der Waals surface area contributed by atoms with E-state index in [0.717, 1.165) is 58.4 Å². The number of carbonyl (C=O) groups excluding carboxylic acids is 1. The molecule has 2 saturated heterocycles. The minimum atomic E-state index is -3.57. The Labute approximate surface area is 175 Å². The predicted molar refractivity (Wildman–Crippen MR) is 115 cm³/mol. The fraction of sp³-hybridized carbons (Fsp3) is 0.667. The Morgan fingerprint density at radius 1 is 1.14 bits per heavy atom. The Balaban J connectivity index is 1.54. The van der Waals surface area contributed by atoms with Crippen LogP contribution in [0.3, 0.4) is 0 Å². The third-order valence-electron chi connectivity index (χ3n) is 5.98. The van der Waals surface area contributed by atoms with Crippen molar-refractivity contribution in [3.63, 3.8) is 0 Å². The molecule has 8 heteroatoms. The van der Waals surface area contributed by atoms with Crippen LogP contribution in [0.25, 0.3) is 0 Å². The van der Waals surface area contributed by atoms with Gasteiger partial charge >= 0.3 is 0 Å². The third-order valence-corrected chi connectivity index (χ3v) is 7.99. The molecule has 0 aromatic heterocycles. The van der Waals surface area contributed by atoms with Crippen LogP contribution in [-0.4, -0.2) is 87.3 Å². The van der Waals surface area contributed by atoms with E-state index in [1.54, 1.807) is 22.5 Å². The lowest BCUT2D eigenvalue weighted by molar-refractivity contribution is 0.0949. The smallest absolute Gasteiger partial charge is 0.251 e. The number of hydrogen-bond donors (Lipinski definition) is 1. The lowest BCUT2D eigenvalue weighted by atomic mass is 10.1. The molecule has 1 amide bonds. The zero-order chi connectivity index (χ0) is 20.9. The molecule has 1 aromatic rings. The highest BCUT2D eigenvalue weighted by Gasteiger charge is 2.31. The summed E-state index contributed by atoms with van der Waals surface area (Å²) in [6, 6.07) is 6.42. The summed E-state index contributed by atoms with van der Waals surface area (Å²) in [6.45, 7) is 8.37. The van der Waals surface area contributed by atoms with Crippen molar-refractivity contribution < 1.29 is 13.2 Å². The molecule has 1 unspecified atom stereocenters. The van der Waals surface area contributed by atoms with Crippen LogP contribution >= 0.6 is 0 Å². The molecule has 2 heterocycles. The van der Waals surface area contributed by atoms with Gasteiger partial charge in [0.05, 0.1) is 4.90 Å². The molecular weight excluding hydrogens is 388 g/mol. The number of piperazine rings is 1. The number of carbonyl (C=O) groups is 1. The van der Waals surface area contributed by atoms with Gasteiger partial charge in [-0.3, -0.25) is 4.79 Å². The number of nitrogens with one attached hydrogen (secondary N) is 1. The third kappa shape index (κ3) is 5.78. The van der Waals surface area contributed by atoms with E-state index in [1.165, 1.54) is 6.07 Å². The summed E-state index contributed by atoms with van der Waals surface area (Å²) in [5, 5.41) is 2.93. The van der Waals surface area contributed by atoms with Gasteiger partial charge in [-0.2, -0.15) is 4.31 Å². The Kier molecular flexibility index (Phi) is 7.67. The molecule has 162 valence electrons. The van der Waals surface area contributed by atoms with Gasteiger partial charge in [0.15, 0.2) is 0 Å². The Hall–Kier alpha value is -1.48. The second-order valence-electron chi connectivity index (χ2n) is 8.24. The number of piperidine rings is 1. The summed E-state index contributed by atoms with van der Waals surface area (Å²) < 4.78 is 27.6. The van der Waals surface area contributed by atoms with Crippen LogP contribution in [0.15, 0.2) is 29.2 Å². The molecule has 3 rings (SSSR count). The first kappa shape index (κ1) is 22.2. The number of nitrogens with zero attached hydrogens (tertiary/aromatic N) is 3. The minimum absolute atomic E-state index is 0.000748. The molecule has 29 heavy (non-hydrogen) atoms. The maximum absolute atomic E-state index is 13.0. The zero-order valence-electron chi connectivity index (χ0n) is 17.6.